The highest BCUT2D eigenvalue weighted by molar-refractivity contribution is 5.34. The summed E-state index contributed by atoms with van der Waals surface area (Å²) in [6.45, 7) is 7.08. The molecule has 0 saturated heterocycles. The third-order valence-corrected chi connectivity index (χ3v) is 3.31. The Morgan fingerprint density at radius 1 is 1.22 bits per heavy atom. The van der Waals surface area contributed by atoms with Crippen LogP contribution in [0, 0.1) is 13.8 Å². The van der Waals surface area contributed by atoms with Crippen molar-refractivity contribution in [2.24, 2.45) is 0 Å². The predicted octanol–water partition coefficient (Wildman–Crippen LogP) is 2.99. The first-order valence-corrected chi connectivity index (χ1v) is 6.40. The van der Waals surface area contributed by atoms with E-state index in [0.29, 0.717) is 0 Å². The van der Waals surface area contributed by atoms with Crippen LogP contribution in [0.25, 0.3) is 0 Å². The van der Waals surface area contributed by atoms with Gasteiger partial charge >= 0.3 is 0 Å². The van der Waals surface area contributed by atoms with Gasteiger partial charge in [0.05, 0.1) is 5.69 Å². The van der Waals surface area contributed by atoms with Crippen molar-refractivity contribution in [2.45, 2.75) is 39.8 Å². The molecule has 2 aromatic rings. The van der Waals surface area contributed by atoms with Crippen LogP contribution in [-0.4, -0.2) is 14.9 Å². The average molecular weight is 244 g/mol. The van der Waals surface area contributed by atoms with E-state index in [1.54, 1.807) is 6.20 Å². The van der Waals surface area contributed by atoms with Gasteiger partial charge in [-0.2, -0.15) is 5.10 Å². The summed E-state index contributed by atoms with van der Waals surface area (Å²) < 4.78 is 1.87. The molecule has 2 rings (SSSR count). The lowest BCUT2D eigenvalue weighted by Gasteiger charge is -2.14. The third kappa shape index (κ3) is 2.46. The Balaban J connectivity index is 2.32. The minimum atomic E-state index is -0.599. The van der Waals surface area contributed by atoms with Crippen LogP contribution in [-0.2, 0) is 6.54 Å². The van der Waals surface area contributed by atoms with E-state index in [4.69, 9.17) is 0 Å². The molecule has 0 aliphatic rings. The topological polar surface area (TPSA) is 38.0 Å². The van der Waals surface area contributed by atoms with Gasteiger partial charge in [-0.25, -0.2) is 0 Å². The Hall–Kier alpha value is -1.61. The Morgan fingerprint density at radius 2 is 2.00 bits per heavy atom. The number of aromatic nitrogens is 2. The van der Waals surface area contributed by atoms with Crippen LogP contribution < -0.4 is 0 Å². The van der Waals surface area contributed by atoms with Gasteiger partial charge in [0.25, 0.3) is 0 Å². The fourth-order valence-corrected chi connectivity index (χ4v) is 2.08. The van der Waals surface area contributed by atoms with Crippen molar-refractivity contribution in [3.63, 3.8) is 0 Å². The van der Waals surface area contributed by atoms with Gasteiger partial charge in [-0.05, 0) is 43.0 Å². The Kier molecular flexibility index (Phi) is 3.82. The van der Waals surface area contributed by atoms with Crippen molar-refractivity contribution in [2.75, 3.05) is 0 Å². The van der Waals surface area contributed by atoms with E-state index >= 15 is 0 Å². The highest BCUT2D eigenvalue weighted by Gasteiger charge is 2.15. The van der Waals surface area contributed by atoms with Gasteiger partial charge in [0, 0.05) is 12.7 Å². The monoisotopic (exact) mass is 244 g/mol. The smallest absolute Gasteiger partial charge is 0.121 e. The zero-order valence-corrected chi connectivity index (χ0v) is 11.2. The summed E-state index contributed by atoms with van der Waals surface area (Å²) in [7, 11) is 0. The number of nitrogens with zero attached hydrogens (tertiary/aromatic N) is 2. The lowest BCUT2D eigenvalue weighted by molar-refractivity contribution is 0.207. The first kappa shape index (κ1) is 12.8. The highest BCUT2D eigenvalue weighted by Crippen LogP contribution is 2.23. The SMILES string of the molecule is CCCn1nccc1C(O)c1ccc(C)c(C)c1. The number of hydrogen-bond donors (Lipinski definition) is 1. The van der Waals surface area contributed by atoms with E-state index in [1.807, 2.05) is 22.9 Å². The molecule has 1 unspecified atom stereocenters. The van der Waals surface area contributed by atoms with Crippen LogP contribution in [0.2, 0.25) is 0 Å². The summed E-state index contributed by atoms with van der Waals surface area (Å²) in [6, 6.07) is 7.96. The third-order valence-electron chi connectivity index (χ3n) is 3.31. The van der Waals surface area contributed by atoms with E-state index < -0.39 is 6.10 Å². The van der Waals surface area contributed by atoms with Gasteiger partial charge in [0.15, 0.2) is 0 Å². The predicted molar refractivity (Wildman–Crippen MR) is 72.5 cm³/mol. The summed E-state index contributed by atoms with van der Waals surface area (Å²) in [4.78, 5) is 0. The van der Waals surface area contributed by atoms with Crippen molar-refractivity contribution < 1.29 is 5.11 Å². The maximum Gasteiger partial charge on any atom is 0.121 e. The van der Waals surface area contributed by atoms with Gasteiger partial charge in [-0.3, -0.25) is 4.68 Å². The van der Waals surface area contributed by atoms with Crippen LogP contribution >= 0.6 is 0 Å². The summed E-state index contributed by atoms with van der Waals surface area (Å²) in [5, 5.41) is 14.7. The van der Waals surface area contributed by atoms with Gasteiger partial charge in [0.1, 0.15) is 6.10 Å². The normalized spacial score (nSPS) is 12.7. The largest absolute Gasteiger partial charge is 0.382 e. The lowest BCUT2D eigenvalue weighted by atomic mass is 10.0. The number of aliphatic hydroxyl groups is 1. The summed E-state index contributed by atoms with van der Waals surface area (Å²) in [5.41, 5.74) is 4.23. The molecular weight excluding hydrogens is 224 g/mol. The van der Waals surface area contributed by atoms with Crippen molar-refractivity contribution in [3.05, 3.63) is 52.8 Å². The second-order valence-corrected chi connectivity index (χ2v) is 4.73. The molecule has 96 valence electrons. The van der Waals surface area contributed by atoms with Gasteiger partial charge in [0.2, 0.25) is 0 Å². The molecule has 0 amide bonds. The molecule has 1 aromatic carbocycles. The second-order valence-electron chi connectivity index (χ2n) is 4.73. The molecule has 0 fully saturated rings. The van der Waals surface area contributed by atoms with Crippen LogP contribution in [0.5, 0.6) is 0 Å². The number of aryl methyl sites for hydroxylation is 3. The molecule has 1 N–H and O–H groups in total. The van der Waals surface area contributed by atoms with E-state index in [9.17, 15) is 5.11 Å². The molecule has 0 aliphatic carbocycles. The molecule has 0 aliphatic heterocycles. The fourth-order valence-electron chi connectivity index (χ4n) is 2.08. The molecule has 0 radical (unpaired) electrons. The molecule has 18 heavy (non-hydrogen) atoms. The van der Waals surface area contributed by atoms with Crippen LogP contribution in [0.15, 0.2) is 30.5 Å². The number of benzene rings is 1. The quantitative estimate of drug-likeness (QED) is 0.897. The van der Waals surface area contributed by atoms with Gasteiger partial charge in [-0.1, -0.05) is 25.1 Å². The maximum atomic E-state index is 10.4. The molecule has 0 bridgehead atoms. The van der Waals surface area contributed by atoms with Crippen molar-refractivity contribution in [1.82, 2.24) is 9.78 Å². The fraction of sp³-hybridized carbons (Fsp3) is 0.400. The standard InChI is InChI=1S/C15H20N2O/c1-4-9-17-14(7-8-16-17)15(18)13-6-5-11(2)12(3)10-13/h5-8,10,15,18H,4,9H2,1-3H3. The summed E-state index contributed by atoms with van der Waals surface area (Å²) in [5.74, 6) is 0. The second kappa shape index (κ2) is 5.36. The minimum absolute atomic E-state index is 0.599. The van der Waals surface area contributed by atoms with Crippen molar-refractivity contribution in [3.8, 4) is 0 Å². The molecule has 1 heterocycles. The molecule has 3 nitrogen and oxygen atoms in total. The van der Waals surface area contributed by atoms with E-state index in [-0.39, 0.29) is 0 Å². The van der Waals surface area contributed by atoms with Crippen molar-refractivity contribution in [1.29, 1.82) is 0 Å². The zero-order chi connectivity index (χ0) is 13.1. The minimum Gasteiger partial charge on any atom is -0.382 e. The van der Waals surface area contributed by atoms with Crippen LogP contribution in [0.3, 0.4) is 0 Å². The first-order chi connectivity index (χ1) is 8.63. The Morgan fingerprint density at radius 3 is 2.67 bits per heavy atom. The molecule has 0 saturated carbocycles. The Labute approximate surface area is 108 Å². The summed E-state index contributed by atoms with van der Waals surface area (Å²) >= 11 is 0. The number of rotatable bonds is 4. The van der Waals surface area contributed by atoms with Crippen molar-refractivity contribution >= 4 is 0 Å². The van der Waals surface area contributed by atoms with Crippen LogP contribution in [0.1, 0.15) is 41.8 Å². The molecule has 1 aromatic heterocycles. The molecule has 0 spiro atoms. The lowest BCUT2D eigenvalue weighted by Crippen LogP contribution is -2.10. The number of aliphatic hydroxyl groups excluding tert-OH is 1. The molecule has 3 heteroatoms. The summed E-state index contributed by atoms with van der Waals surface area (Å²) in [6.07, 6.45) is 2.15. The highest BCUT2D eigenvalue weighted by atomic mass is 16.3. The van der Waals surface area contributed by atoms with Gasteiger partial charge in [-0.15, -0.1) is 0 Å². The number of hydrogen-bond acceptors (Lipinski definition) is 2. The first-order valence-electron chi connectivity index (χ1n) is 6.40. The molecular formula is C15H20N2O. The zero-order valence-electron chi connectivity index (χ0n) is 11.2. The van der Waals surface area contributed by atoms with E-state index in [0.717, 1.165) is 24.2 Å². The average Bonchev–Trinajstić information content (AvgIpc) is 2.80. The van der Waals surface area contributed by atoms with E-state index in [1.165, 1.54) is 11.1 Å². The van der Waals surface area contributed by atoms with Crippen LogP contribution in [0.4, 0.5) is 0 Å². The van der Waals surface area contributed by atoms with Gasteiger partial charge < -0.3 is 5.11 Å². The molecule has 1 atom stereocenters. The maximum absolute atomic E-state index is 10.4. The van der Waals surface area contributed by atoms with E-state index in [2.05, 4.69) is 31.9 Å². The Bertz CT molecular complexity index is 531.